The fourth-order valence-corrected chi connectivity index (χ4v) is 6.32. The molecule has 0 saturated heterocycles. The summed E-state index contributed by atoms with van der Waals surface area (Å²) < 4.78 is 42.2. The van der Waals surface area contributed by atoms with Gasteiger partial charge in [-0.3, -0.25) is 4.79 Å². The van der Waals surface area contributed by atoms with Crippen LogP contribution in [-0.2, 0) is 12.6 Å². The third-order valence-electron chi connectivity index (χ3n) is 7.01. The van der Waals surface area contributed by atoms with E-state index < -0.39 is 17.8 Å². The zero-order chi connectivity index (χ0) is 22.6. The second kappa shape index (κ2) is 7.86. The molecule has 9 heteroatoms. The van der Waals surface area contributed by atoms with Crippen LogP contribution in [0, 0.1) is 17.8 Å². The van der Waals surface area contributed by atoms with E-state index in [0.29, 0.717) is 16.7 Å². The number of aromatic nitrogens is 3. The van der Waals surface area contributed by atoms with Crippen molar-refractivity contribution in [1.82, 2.24) is 19.9 Å². The van der Waals surface area contributed by atoms with Gasteiger partial charge in [-0.2, -0.15) is 18.3 Å². The zero-order valence-electron chi connectivity index (χ0n) is 17.9. The van der Waals surface area contributed by atoms with Crippen LogP contribution in [0.5, 0.6) is 0 Å². The van der Waals surface area contributed by atoms with Crippen LogP contribution in [-0.4, -0.2) is 26.5 Å². The van der Waals surface area contributed by atoms with Crippen molar-refractivity contribution in [3.63, 3.8) is 0 Å². The number of hydrogen-bond donors (Lipinski definition) is 1. The average Bonchev–Trinajstić information content (AvgIpc) is 3.54. The molecule has 2 aliphatic rings. The molecule has 0 radical (unpaired) electrons. The molecule has 170 valence electrons. The molecule has 32 heavy (non-hydrogen) atoms. The van der Waals surface area contributed by atoms with Crippen LogP contribution in [0.1, 0.15) is 60.6 Å². The third kappa shape index (κ3) is 3.80. The Bertz CT molecular complexity index is 1170. The van der Waals surface area contributed by atoms with Gasteiger partial charge in [0.15, 0.2) is 17.0 Å². The molecule has 0 spiro atoms. The number of hydrogen-bond acceptors (Lipinski definition) is 4. The number of fused-ring (bicyclic) bond motifs is 3. The van der Waals surface area contributed by atoms with Crippen molar-refractivity contribution in [2.24, 2.45) is 17.8 Å². The number of rotatable bonds is 5. The smallest absolute Gasteiger partial charge is 0.348 e. The van der Waals surface area contributed by atoms with E-state index in [-0.39, 0.29) is 23.1 Å². The largest absolute Gasteiger partial charge is 0.433 e. The Kier molecular flexibility index (Phi) is 5.27. The van der Waals surface area contributed by atoms with Gasteiger partial charge in [-0.1, -0.05) is 13.3 Å². The fourth-order valence-electron chi connectivity index (χ4n) is 5.41. The van der Waals surface area contributed by atoms with Gasteiger partial charge in [0.25, 0.3) is 5.91 Å². The summed E-state index contributed by atoms with van der Waals surface area (Å²) in [6.45, 7) is 3.98. The van der Waals surface area contributed by atoms with Crippen LogP contribution in [0.2, 0.25) is 0 Å². The summed E-state index contributed by atoms with van der Waals surface area (Å²) in [5.74, 6) is 1.36. The van der Waals surface area contributed by atoms with Crippen LogP contribution in [0.15, 0.2) is 24.3 Å². The van der Waals surface area contributed by atoms with Crippen molar-refractivity contribution in [3.8, 4) is 10.6 Å². The second-order valence-corrected chi connectivity index (χ2v) is 10.2. The van der Waals surface area contributed by atoms with Gasteiger partial charge < -0.3 is 5.32 Å². The van der Waals surface area contributed by atoms with Crippen molar-refractivity contribution in [2.75, 3.05) is 0 Å². The second-order valence-electron chi connectivity index (χ2n) is 9.04. The van der Waals surface area contributed by atoms with E-state index in [2.05, 4.69) is 15.4 Å². The first-order valence-corrected chi connectivity index (χ1v) is 11.9. The SMILES string of the molecule is CCc1ccc(-c2cc(C(F)(F)F)n3nc(C(=O)N[C@H](C)[C@@H]4C[C@@H]5CC[C@@H]4C5)cc3n2)s1. The van der Waals surface area contributed by atoms with E-state index in [4.69, 9.17) is 0 Å². The monoisotopic (exact) mass is 462 g/mol. The maximum Gasteiger partial charge on any atom is 0.433 e. The van der Waals surface area contributed by atoms with Gasteiger partial charge in [-0.15, -0.1) is 11.3 Å². The number of amides is 1. The van der Waals surface area contributed by atoms with Gasteiger partial charge in [0.2, 0.25) is 0 Å². The minimum Gasteiger partial charge on any atom is -0.348 e. The molecule has 1 N–H and O–H groups in total. The predicted molar refractivity (Wildman–Crippen MR) is 117 cm³/mol. The summed E-state index contributed by atoms with van der Waals surface area (Å²) in [6.07, 6.45) is 0.985. The molecular formula is C23H25F3N4OS. The first-order chi connectivity index (χ1) is 15.2. The number of aryl methyl sites for hydroxylation is 1. The van der Waals surface area contributed by atoms with Crippen LogP contribution < -0.4 is 5.32 Å². The zero-order valence-corrected chi connectivity index (χ0v) is 18.8. The number of nitrogens with zero attached hydrogens (tertiary/aromatic N) is 3. The Labute approximate surface area is 188 Å². The normalized spacial score (nSPS) is 23.7. The lowest BCUT2D eigenvalue weighted by atomic mass is 9.84. The van der Waals surface area contributed by atoms with Crippen LogP contribution >= 0.6 is 11.3 Å². The first kappa shape index (κ1) is 21.4. The molecule has 5 rings (SSSR count). The highest BCUT2D eigenvalue weighted by Gasteiger charge is 2.42. The molecule has 3 aromatic rings. The van der Waals surface area contributed by atoms with Gasteiger partial charge in [0.05, 0.1) is 10.6 Å². The van der Waals surface area contributed by atoms with E-state index in [1.807, 2.05) is 19.9 Å². The lowest BCUT2D eigenvalue weighted by molar-refractivity contribution is -0.142. The number of thiophene rings is 1. The lowest BCUT2D eigenvalue weighted by Gasteiger charge is -2.28. The quantitative estimate of drug-likeness (QED) is 0.537. The summed E-state index contributed by atoms with van der Waals surface area (Å²) >= 11 is 1.42. The van der Waals surface area contributed by atoms with E-state index >= 15 is 0 Å². The van der Waals surface area contributed by atoms with Crippen LogP contribution in [0.4, 0.5) is 13.2 Å². The van der Waals surface area contributed by atoms with Crippen LogP contribution in [0.25, 0.3) is 16.2 Å². The minimum absolute atomic E-state index is 0.0130. The summed E-state index contributed by atoms with van der Waals surface area (Å²) in [6, 6.07) is 5.99. The highest BCUT2D eigenvalue weighted by atomic mass is 32.1. The molecule has 1 amide bonds. The molecule has 0 unspecified atom stereocenters. The van der Waals surface area contributed by atoms with Crippen molar-refractivity contribution >= 4 is 22.9 Å². The number of carbonyl (C=O) groups is 1. The first-order valence-electron chi connectivity index (χ1n) is 11.1. The van der Waals surface area contributed by atoms with Gasteiger partial charge in [-0.25, -0.2) is 9.50 Å². The fraction of sp³-hybridized carbons (Fsp3) is 0.522. The molecule has 2 fully saturated rings. The Balaban J connectivity index is 1.46. The van der Waals surface area contributed by atoms with Gasteiger partial charge in [0.1, 0.15) is 0 Å². The van der Waals surface area contributed by atoms with E-state index in [1.54, 1.807) is 6.07 Å². The Hall–Kier alpha value is -2.42. The summed E-state index contributed by atoms with van der Waals surface area (Å²) in [5.41, 5.74) is -0.740. The number of carbonyl (C=O) groups excluding carboxylic acids is 1. The standard InChI is InChI=1S/C23H25F3N4OS/c1-3-15-6-7-19(32-15)17-10-20(23(24,25)26)30-21(28-17)11-18(29-30)22(31)27-12(2)16-9-13-4-5-14(16)8-13/h6-7,10-14,16H,3-5,8-9H2,1-2H3,(H,27,31)/t12-,13-,14-,16+/m1/s1. The molecule has 3 heterocycles. The Morgan fingerprint density at radius 3 is 2.72 bits per heavy atom. The van der Waals surface area contributed by atoms with Crippen molar-refractivity contribution in [2.45, 2.75) is 58.2 Å². The summed E-state index contributed by atoms with van der Waals surface area (Å²) in [5, 5.41) is 6.97. The molecule has 2 saturated carbocycles. The molecular weight excluding hydrogens is 437 g/mol. The number of alkyl halides is 3. The van der Waals surface area contributed by atoms with E-state index in [0.717, 1.165) is 34.2 Å². The highest BCUT2D eigenvalue weighted by Crippen LogP contribution is 2.49. The van der Waals surface area contributed by atoms with Crippen molar-refractivity contribution in [1.29, 1.82) is 0 Å². The number of nitrogens with one attached hydrogen (secondary N) is 1. The predicted octanol–water partition coefficient (Wildman–Crippen LogP) is 5.59. The molecule has 3 aromatic heterocycles. The minimum atomic E-state index is -4.63. The molecule has 4 atom stereocenters. The van der Waals surface area contributed by atoms with Gasteiger partial charge >= 0.3 is 6.18 Å². The molecule has 0 aromatic carbocycles. The molecule has 5 nitrogen and oxygen atoms in total. The Morgan fingerprint density at radius 1 is 1.28 bits per heavy atom. The van der Waals surface area contributed by atoms with Crippen molar-refractivity contribution < 1.29 is 18.0 Å². The van der Waals surface area contributed by atoms with E-state index in [9.17, 15) is 18.0 Å². The van der Waals surface area contributed by atoms with Gasteiger partial charge in [-0.05, 0) is 68.6 Å². The van der Waals surface area contributed by atoms with Crippen LogP contribution in [0.3, 0.4) is 0 Å². The highest BCUT2D eigenvalue weighted by molar-refractivity contribution is 7.15. The lowest BCUT2D eigenvalue weighted by Crippen LogP contribution is -2.40. The maximum absolute atomic E-state index is 13.8. The third-order valence-corrected chi connectivity index (χ3v) is 8.26. The average molecular weight is 463 g/mol. The molecule has 2 bridgehead atoms. The molecule has 0 aliphatic heterocycles. The van der Waals surface area contributed by atoms with E-state index in [1.165, 1.54) is 36.7 Å². The Morgan fingerprint density at radius 2 is 2.09 bits per heavy atom. The summed E-state index contributed by atoms with van der Waals surface area (Å²) in [4.78, 5) is 19.0. The number of halogens is 3. The van der Waals surface area contributed by atoms with Crippen molar-refractivity contribution in [3.05, 3.63) is 40.5 Å². The maximum atomic E-state index is 13.8. The van der Waals surface area contributed by atoms with Gasteiger partial charge in [0, 0.05) is 17.0 Å². The summed E-state index contributed by atoms with van der Waals surface area (Å²) in [7, 11) is 0. The topological polar surface area (TPSA) is 59.3 Å². The molecule has 2 aliphatic carbocycles.